The van der Waals surface area contributed by atoms with Gasteiger partial charge in [0.05, 0.1) is 5.69 Å². The van der Waals surface area contributed by atoms with Gasteiger partial charge in [0.25, 0.3) is 5.92 Å². The van der Waals surface area contributed by atoms with Crippen LogP contribution in [0.5, 0.6) is 0 Å². The van der Waals surface area contributed by atoms with Gasteiger partial charge in [-0.15, -0.1) is 0 Å². The fourth-order valence-corrected chi connectivity index (χ4v) is 2.12. The Hall–Kier alpha value is -0.900. The van der Waals surface area contributed by atoms with Gasteiger partial charge in [-0.25, -0.2) is 0 Å². The van der Waals surface area contributed by atoms with Crippen molar-refractivity contribution in [2.75, 3.05) is 6.54 Å². The second kappa shape index (κ2) is 3.93. The molecule has 0 aliphatic heterocycles. The summed E-state index contributed by atoms with van der Waals surface area (Å²) in [7, 11) is 0. The van der Waals surface area contributed by atoms with Crippen molar-refractivity contribution in [2.24, 2.45) is 5.73 Å². The predicted molar refractivity (Wildman–Crippen MR) is 55.0 cm³/mol. The molecular weight excluding hydrogens is 198 g/mol. The Bertz CT molecular complexity index is 321. The van der Waals surface area contributed by atoms with Crippen molar-refractivity contribution in [3.05, 3.63) is 23.0 Å². The molecule has 0 aromatic carbocycles. The van der Waals surface area contributed by atoms with E-state index in [-0.39, 0.29) is 18.7 Å². The summed E-state index contributed by atoms with van der Waals surface area (Å²) in [4.78, 5) is 2.85. The lowest BCUT2D eigenvalue weighted by molar-refractivity contribution is -0.0147. The molecular formula is C11H16F2N2. The van der Waals surface area contributed by atoms with Gasteiger partial charge in [0.2, 0.25) is 0 Å². The van der Waals surface area contributed by atoms with E-state index in [1.165, 1.54) is 0 Å². The smallest absolute Gasteiger partial charge is 0.288 e. The van der Waals surface area contributed by atoms with Crippen LogP contribution in [0.4, 0.5) is 8.78 Å². The highest BCUT2D eigenvalue weighted by atomic mass is 19.3. The van der Waals surface area contributed by atoms with Crippen LogP contribution in [0.25, 0.3) is 0 Å². The SMILES string of the molecule is NCCC(F)(F)c1cc2c([nH]1)CCCC2. The Morgan fingerprint density at radius 3 is 2.73 bits per heavy atom. The highest BCUT2D eigenvalue weighted by Gasteiger charge is 2.33. The van der Waals surface area contributed by atoms with Crippen molar-refractivity contribution < 1.29 is 8.78 Å². The molecule has 3 N–H and O–H groups in total. The van der Waals surface area contributed by atoms with Crippen molar-refractivity contribution in [2.45, 2.75) is 38.0 Å². The van der Waals surface area contributed by atoms with E-state index in [0.29, 0.717) is 0 Å². The summed E-state index contributed by atoms with van der Waals surface area (Å²) in [6.07, 6.45) is 3.73. The molecule has 1 aliphatic rings. The maximum atomic E-state index is 13.5. The molecule has 0 bridgehead atoms. The first kappa shape index (κ1) is 10.6. The maximum absolute atomic E-state index is 13.5. The lowest BCUT2D eigenvalue weighted by atomic mass is 9.98. The molecule has 0 radical (unpaired) electrons. The molecule has 2 rings (SSSR count). The lowest BCUT2D eigenvalue weighted by Crippen LogP contribution is -2.19. The molecule has 15 heavy (non-hydrogen) atoms. The van der Waals surface area contributed by atoms with E-state index in [4.69, 9.17) is 5.73 Å². The largest absolute Gasteiger partial charge is 0.357 e. The zero-order valence-electron chi connectivity index (χ0n) is 8.65. The molecule has 0 atom stereocenters. The summed E-state index contributed by atoms with van der Waals surface area (Å²) in [5, 5.41) is 0. The third kappa shape index (κ3) is 2.04. The Morgan fingerprint density at radius 2 is 2.07 bits per heavy atom. The van der Waals surface area contributed by atoms with E-state index in [0.717, 1.165) is 36.9 Å². The zero-order chi connectivity index (χ0) is 10.9. The number of H-pyrrole nitrogens is 1. The van der Waals surface area contributed by atoms with Crippen molar-refractivity contribution in [1.29, 1.82) is 0 Å². The van der Waals surface area contributed by atoms with Crippen LogP contribution in [0.15, 0.2) is 6.07 Å². The molecule has 1 aliphatic carbocycles. The molecule has 0 spiro atoms. The average Bonchev–Trinajstić information content (AvgIpc) is 2.61. The zero-order valence-corrected chi connectivity index (χ0v) is 8.65. The minimum absolute atomic E-state index is 0.0106. The average molecular weight is 214 g/mol. The van der Waals surface area contributed by atoms with E-state index in [1.54, 1.807) is 6.07 Å². The van der Waals surface area contributed by atoms with Crippen molar-refractivity contribution in [3.8, 4) is 0 Å². The van der Waals surface area contributed by atoms with Crippen molar-refractivity contribution in [3.63, 3.8) is 0 Å². The summed E-state index contributed by atoms with van der Waals surface area (Å²) in [6, 6.07) is 1.62. The number of aromatic amines is 1. The van der Waals surface area contributed by atoms with E-state index < -0.39 is 5.92 Å². The van der Waals surface area contributed by atoms with E-state index in [9.17, 15) is 8.78 Å². The molecule has 1 aromatic heterocycles. The minimum atomic E-state index is -2.80. The maximum Gasteiger partial charge on any atom is 0.288 e. The highest BCUT2D eigenvalue weighted by molar-refractivity contribution is 5.30. The number of hydrogen-bond donors (Lipinski definition) is 2. The number of rotatable bonds is 3. The van der Waals surface area contributed by atoms with E-state index in [2.05, 4.69) is 4.98 Å². The minimum Gasteiger partial charge on any atom is -0.357 e. The summed E-state index contributed by atoms with van der Waals surface area (Å²) in [5.41, 5.74) is 7.28. The van der Waals surface area contributed by atoms with Gasteiger partial charge in [-0.1, -0.05) is 0 Å². The van der Waals surface area contributed by atoms with Gasteiger partial charge < -0.3 is 10.7 Å². The van der Waals surface area contributed by atoms with Crippen LogP contribution in [0, 0.1) is 0 Å². The lowest BCUT2D eigenvalue weighted by Gasteiger charge is -2.13. The number of alkyl halides is 2. The van der Waals surface area contributed by atoms with Crippen LogP contribution in [0.3, 0.4) is 0 Å². The Labute approximate surface area is 87.9 Å². The van der Waals surface area contributed by atoms with Crippen molar-refractivity contribution >= 4 is 0 Å². The van der Waals surface area contributed by atoms with Crippen LogP contribution in [0.1, 0.15) is 36.2 Å². The molecule has 0 fully saturated rings. The Balaban J connectivity index is 2.25. The molecule has 0 saturated carbocycles. The fraction of sp³-hybridized carbons (Fsp3) is 0.636. The van der Waals surface area contributed by atoms with Gasteiger partial charge in [-0.2, -0.15) is 8.78 Å². The predicted octanol–water partition coefficient (Wildman–Crippen LogP) is 2.33. The molecule has 0 saturated heterocycles. The van der Waals surface area contributed by atoms with Gasteiger partial charge in [-0.3, -0.25) is 0 Å². The number of fused-ring (bicyclic) bond motifs is 1. The second-order valence-corrected chi connectivity index (χ2v) is 4.14. The molecule has 1 heterocycles. The number of nitrogens with one attached hydrogen (secondary N) is 1. The Morgan fingerprint density at radius 1 is 1.33 bits per heavy atom. The van der Waals surface area contributed by atoms with Crippen LogP contribution < -0.4 is 5.73 Å². The van der Waals surface area contributed by atoms with E-state index >= 15 is 0 Å². The van der Waals surface area contributed by atoms with Gasteiger partial charge in [0, 0.05) is 12.1 Å². The van der Waals surface area contributed by atoms with E-state index in [1.807, 2.05) is 0 Å². The number of nitrogens with two attached hydrogens (primary N) is 1. The quantitative estimate of drug-likeness (QED) is 0.796. The first-order valence-corrected chi connectivity index (χ1v) is 5.42. The summed E-state index contributed by atoms with van der Waals surface area (Å²) in [6.45, 7) is 0.0106. The van der Waals surface area contributed by atoms with Crippen LogP contribution in [0.2, 0.25) is 0 Å². The number of aryl methyl sites for hydroxylation is 2. The number of aromatic nitrogens is 1. The summed E-state index contributed by atoms with van der Waals surface area (Å²) >= 11 is 0. The van der Waals surface area contributed by atoms with Gasteiger partial charge in [0.1, 0.15) is 0 Å². The first-order valence-electron chi connectivity index (χ1n) is 5.42. The fourth-order valence-electron chi connectivity index (χ4n) is 2.12. The normalized spacial score (nSPS) is 16.5. The van der Waals surface area contributed by atoms with Crippen LogP contribution in [-0.2, 0) is 18.8 Å². The first-order chi connectivity index (χ1) is 7.13. The van der Waals surface area contributed by atoms with Gasteiger partial charge in [-0.05, 0) is 43.9 Å². The topological polar surface area (TPSA) is 41.8 Å². The standard InChI is InChI=1S/C11H16F2N2/c12-11(13,5-6-14)10-7-8-3-1-2-4-9(8)15-10/h7,15H,1-6,14H2. The molecule has 0 amide bonds. The van der Waals surface area contributed by atoms with Crippen LogP contribution in [-0.4, -0.2) is 11.5 Å². The van der Waals surface area contributed by atoms with Gasteiger partial charge >= 0.3 is 0 Å². The highest BCUT2D eigenvalue weighted by Crippen LogP contribution is 2.33. The molecule has 2 nitrogen and oxygen atoms in total. The number of halogens is 2. The molecule has 84 valence electrons. The third-order valence-electron chi connectivity index (χ3n) is 2.97. The molecule has 0 unspecified atom stereocenters. The molecule has 1 aromatic rings. The summed E-state index contributed by atoms with van der Waals surface area (Å²) in [5.74, 6) is -2.80. The Kier molecular flexibility index (Phi) is 2.78. The third-order valence-corrected chi connectivity index (χ3v) is 2.97. The van der Waals surface area contributed by atoms with Crippen molar-refractivity contribution in [1.82, 2.24) is 4.98 Å². The second-order valence-electron chi connectivity index (χ2n) is 4.14. The monoisotopic (exact) mass is 214 g/mol. The van der Waals surface area contributed by atoms with Crippen LogP contribution >= 0.6 is 0 Å². The van der Waals surface area contributed by atoms with Gasteiger partial charge in [0.15, 0.2) is 0 Å². The molecule has 4 heteroatoms. The number of hydrogen-bond acceptors (Lipinski definition) is 1. The summed E-state index contributed by atoms with van der Waals surface area (Å²) < 4.78 is 27.1.